The van der Waals surface area contributed by atoms with E-state index in [1.807, 2.05) is 24.3 Å². The summed E-state index contributed by atoms with van der Waals surface area (Å²) < 4.78 is 2.80. The number of aromatic nitrogens is 4. The fourth-order valence-corrected chi connectivity index (χ4v) is 4.78. The Morgan fingerprint density at radius 2 is 2.17 bits per heavy atom. The monoisotopic (exact) mass is 494 g/mol. The van der Waals surface area contributed by atoms with Crippen molar-refractivity contribution in [2.45, 2.75) is 23.2 Å². The molecule has 1 aliphatic carbocycles. The number of rotatable bonds is 7. The number of benzene rings is 1. The smallest absolute Gasteiger partial charge is 0.330 e. The van der Waals surface area contributed by atoms with E-state index in [1.165, 1.54) is 15.9 Å². The molecule has 150 valence electrons. The topological polar surface area (TPSA) is 136 Å². The number of hydrogen-bond acceptors (Lipinski definition) is 9. The Bertz CT molecular complexity index is 1200. The highest BCUT2D eigenvalue weighted by Gasteiger charge is 2.30. The second-order valence-electron chi connectivity index (χ2n) is 6.34. The van der Waals surface area contributed by atoms with Crippen LogP contribution in [-0.4, -0.2) is 31.3 Å². The van der Waals surface area contributed by atoms with Crippen LogP contribution in [0.5, 0.6) is 0 Å². The van der Waals surface area contributed by atoms with E-state index in [4.69, 9.17) is 5.73 Å². The van der Waals surface area contributed by atoms with Gasteiger partial charge < -0.3 is 11.1 Å². The van der Waals surface area contributed by atoms with Gasteiger partial charge in [0.1, 0.15) is 11.4 Å². The summed E-state index contributed by atoms with van der Waals surface area (Å²) in [6.45, 7) is 0. The second kappa shape index (κ2) is 8.13. The van der Waals surface area contributed by atoms with Gasteiger partial charge in [0.2, 0.25) is 5.13 Å². The molecule has 29 heavy (non-hydrogen) atoms. The van der Waals surface area contributed by atoms with Gasteiger partial charge in [-0.15, -0.1) is 10.2 Å². The van der Waals surface area contributed by atoms with Gasteiger partial charge in [0, 0.05) is 16.2 Å². The molecule has 0 amide bonds. The Labute approximate surface area is 180 Å². The molecular weight excluding hydrogens is 480 g/mol. The summed E-state index contributed by atoms with van der Waals surface area (Å²) >= 11 is 5.85. The number of ketones is 1. The number of carbonyl (C=O) groups is 1. The molecule has 0 radical (unpaired) electrons. The van der Waals surface area contributed by atoms with Crippen LogP contribution in [0.15, 0.2) is 42.7 Å². The molecule has 1 aliphatic rings. The molecule has 0 unspecified atom stereocenters. The molecule has 0 saturated heterocycles. The Hall–Kier alpha value is -2.44. The highest BCUT2D eigenvalue weighted by Crippen LogP contribution is 2.35. The Morgan fingerprint density at radius 1 is 1.38 bits per heavy atom. The van der Waals surface area contributed by atoms with Crippen LogP contribution in [0.2, 0.25) is 0 Å². The lowest BCUT2D eigenvalue weighted by Gasteiger charge is -2.10. The van der Waals surface area contributed by atoms with Gasteiger partial charge in [-0.25, -0.2) is 4.79 Å². The maximum Gasteiger partial charge on any atom is 0.330 e. The number of nitrogens with two attached hydrogens (primary N) is 1. The lowest BCUT2D eigenvalue weighted by atomic mass is 10.2. The van der Waals surface area contributed by atoms with Gasteiger partial charge in [-0.05, 0) is 31.0 Å². The van der Waals surface area contributed by atoms with Crippen LogP contribution in [-0.2, 0) is 0 Å². The maximum atomic E-state index is 12.6. The first kappa shape index (κ1) is 19.9. The van der Waals surface area contributed by atoms with Crippen molar-refractivity contribution in [3.05, 3.63) is 55.1 Å². The van der Waals surface area contributed by atoms with Gasteiger partial charge in [0.15, 0.2) is 10.1 Å². The van der Waals surface area contributed by atoms with Gasteiger partial charge in [0.05, 0.1) is 5.75 Å². The number of nitrogen functional groups attached to an aromatic ring is 1. The first-order valence-electron chi connectivity index (χ1n) is 8.59. The summed E-state index contributed by atoms with van der Waals surface area (Å²) in [5.41, 5.74) is 5.31. The van der Waals surface area contributed by atoms with Crippen molar-refractivity contribution in [2.75, 3.05) is 16.8 Å². The van der Waals surface area contributed by atoms with E-state index in [0.29, 0.717) is 9.47 Å². The van der Waals surface area contributed by atoms with E-state index in [1.54, 1.807) is 0 Å². The van der Waals surface area contributed by atoms with Gasteiger partial charge in [-0.3, -0.25) is 19.1 Å². The molecular formula is C17H15BrN6O3S2. The van der Waals surface area contributed by atoms with Gasteiger partial charge in [-0.1, -0.05) is 45.1 Å². The number of Topliss-reactive ketones (excluding diaryl/α,β-unsaturated/α-hetero) is 1. The zero-order valence-corrected chi connectivity index (χ0v) is 18.1. The Morgan fingerprint density at radius 3 is 2.90 bits per heavy atom. The van der Waals surface area contributed by atoms with Crippen LogP contribution in [0, 0.1) is 0 Å². The highest BCUT2D eigenvalue weighted by molar-refractivity contribution is 9.10. The van der Waals surface area contributed by atoms with E-state index in [-0.39, 0.29) is 23.2 Å². The standard InChI is InChI=1S/C17H15BrN6O3S2/c18-8-2-1-3-9(6-8)20-15-22-23-17(29-15)28-7-11(25)12-13(19)24(10-4-5-10)16(27)21-14(12)26/h1-3,6,10H,4-5,7,19H2,(H,20,22)(H,21,26,27). The van der Waals surface area contributed by atoms with Crippen molar-refractivity contribution >= 4 is 61.4 Å². The van der Waals surface area contributed by atoms with E-state index in [9.17, 15) is 14.4 Å². The summed E-state index contributed by atoms with van der Waals surface area (Å²) in [5.74, 6) is -0.567. The van der Waals surface area contributed by atoms with Crippen molar-refractivity contribution < 1.29 is 4.79 Å². The number of aromatic amines is 1. The molecule has 1 fully saturated rings. The van der Waals surface area contributed by atoms with Gasteiger partial charge >= 0.3 is 5.69 Å². The molecule has 4 rings (SSSR count). The molecule has 3 aromatic rings. The third kappa shape index (κ3) is 4.43. The van der Waals surface area contributed by atoms with Crippen molar-refractivity contribution in [3.8, 4) is 0 Å². The van der Waals surface area contributed by atoms with Crippen molar-refractivity contribution in [1.82, 2.24) is 19.7 Å². The number of nitrogens with zero attached hydrogens (tertiary/aromatic N) is 3. The Balaban J connectivity index is 1.46. The number of carbonyl (C=O) groups excluding carboxylic acids is 1. The van der Waals surface area contributed by atoms with Gasteiger partial charge in [0.25, 0.3) is 5.56 Å². The zero-order valence-electron chi connectivity index (χ0n) is 14.8. The minimum atomic E-state index is -0.760. The Kier molecular flexibility index (Phi) is 5.56. The van der Waals surface area contributed by atoms with Crippen LogP contribution < -0.4 is 22.3 Å². The summed E-state index contributed by atoms with van der Waals surface area (Å²) in [4.78, 5) is 38.9. The minimum absolute atomic E-state index is 0.0400. The molecule has 0 aliphatic heterocycles. The third-order valence-corrected chi connectivity index (χ3v) is 6.65. The number of H-pyrrole nitrogens is 1. The SMILES string of the molecule is Nc1c(C(=O)CSc2nnc(Nc3cccc(Br)c3)s2)c(=O)[nH]c(=O)n1C1CC1. The van der Waals surface area contributed by atoms with E-state index in [2.05, 4.69) is 36.4 Å². The number of anilines is 3. The van der Waals surface area contributed by atoms with Crippen molar-refractivity contribution in [2.24, 2.45) is 0 Å². The lowest BCUT2D eigenvalue weighted by Crippen LogP contribution is -2.36. The highest BCUT2D eigenvalue weighted by atomic mass is 79.9. The fourth-order valence-electron chi connectivity index (χ4n) is 2.74. The number of hydrogen-bond donors (Lipinski definition) is 3. The molecule has 9 nitrogen and oxygen atoms in total. The summed E-state index contributed by atoms with van der Waals surface area (Å²) in [6, 6.07) is 7.56. The third-order valence-electron chi connectivity index (χ3n) is 4.18. The maximum absolute atomic E-state index is 12.6. The summed E-state index contributed by atoms with van der Waals surface area (Å²) in [6.07, 6.45) is 1.61. The molecule has 0 atom stereocenters. The lowest BCUT2D eigenvalue weighted by molar-refractivity contribution is 0.102. The average Bonchev–Trinajstić information content (AvgIpc) is 3.38. The van der Waals surface area contributed by atoms with E-state index >= 15 is 0 Å². The normalized spacial score (nSPS) is 13.4. The second-order valence-corrected chi connectivity index (χ2v) is 9.46. The zero-order chi connectivity index (χ0) is 20.5. The predicted octanol–water partition coefficient (Wildman–Crippen LogP) is 2.79. The molecule has 12 heteroatoms. The minimum Gasteiger partial charge on any atom is -0.384 e. The molecule has 0 bridgehead atoms. The quantitative estimate of drug-likeness (QED) is 0.336. The first-order chi connectivity index (χ1) is 13.9. The molecule has 0 spiro atoms. The van der Waals surface area contributed by atoms with Crippen molar-refractivity contribution in [3.63, 3.8) is 0 Å². The van der Waals surface area contributed by atoms with Gasteiger partial charge in [-0.2, -0.15) is 0 Å². The largest absolute Gasteiger partial charge is 0.384 e. The van der Waals surface area contributed by atoms with Crippen LogP contribution in [0.1, 0.15) is 29.2 Å². The molecule has 2 aromatic heterocycles. The van der Waals surface area contributed by atoms with Crippen LogP contribution in [0.4, 0.5) is 16.6 Å². The molecule has 4 N–H and O–H groups in total. The number of thioether (sulfide) groups is 1. The molecule has 1 saturated carbocycles. The molecule has 1 aromatic carbocycles. The van der Waals surface area contributed by atoms with Crippen molar-refractivity contribution in [1.29, 1.82) is 0 Å². The molecule has 2 heterocycles. The van der Waals surface area contributed by atoms with Crippen LogP contribution >= 0.6 is 39.0 Å². The van der Waals surface area contributed by atoms with Crippen LogP contribution in [0.25, 0.3) is 0 Å². The first-order valence-corrected chi connectivity index (χ1v) is 11.2. The predicted molar refractivity (Wildman–Crippen MR) is 116 cm³/mol. The van der Waals surface area contributed by atoms with E-state index in [0.717, 1.165) is 34.8 Å². The fraction of sp³-hybridized carbons (Fsp3) is 0.235. The average molecular weight is 495 g/mol. The number of nitrogens with one attached hydrogen (secondary N) is 2. The van der Waals surface area contributed by atoms with E-state index < -0.39 is 17.0 Å². The summed E-state index contributed by atoms with van der Waals surface area (Å²) in [7, 11) is 0. The summed E-state index contributed by atoms with van der Waals surface area (Å²) in [5, 5.41) is 11.8. The number of halogens is 1. The van der Waals surface area contributed by atoms with Crippen LogP contribution in [0.3, 0.4) is 0 Å².